The minimum atomic E-state index is -0.495. The van der Waals surface area contributed by atoms with Crippen LogP contribution in [0.3, 0.4) is 0 Å². The standard InChI is InChI=1S/C12H16N4O3/c1-8-12(17)14-5-6-15(8)7-9-3-2-4-10(11(9)13)16(18)19/h2-4,8H,5-7,13H2,1H3,(H,14,17). The number of nitro groups is 1. The van der Waals surface area contributed by atoms with Gasteiger partial charge in [0.15, 0.2) is 0 Å². The van der Waals surface area contributed by atoms with Crippen molar-refractivity contribution in [3.8, 4) is 0 Å². The fourth-order valence-electron chi connectivity index (χ4n) is 2.16. The third-order valence-electron chi connectivity index (χ3n) is 3.37. The first-order chi connectivity index (χ1) is 9.00. The molecular formula is C12H16N4O3. The molecule has 0 aromatic heterocycles. The van der Waals surface area contributed by atoms with Crippen LogP contribution in [0.4, 0.5) is 11.4 Å². The van der Waals surface area contributed by atoms with E-state index in [2.05, 4.69) is 5.32 Å². The van der Waals surface area contributed by atoms with E-state index in [0.717, 1.165) is 0 Å². The summed E-state index contributed by atoms with van der Waals surface area (Å²) in [4.78, 5) is 23.9. The molecule has 1 aromatic rings. The second-order valence-corrected chi connectivity index (χ2v) is 4.54. The highest BCUT2D eigenvalue weighted by Crippen LogP contribution is 2.26. The summed E-state index contributed by atoms with van der Waals surface area (Å²) < 4.78 is 0. The van der Waals surface area contributed by atoms with E-state index < -0.39 is 4.92 Å². The average Bonchev–Trinajstić information content (AvgIpc) is 2.37. The largest absolute Gasteiger partial charge is 0.393 e. The summed E-state index contributed by atoms with van der Waals surface area (Å²) in [5.74, 6) is -0.0322. The van der Waals surface area contributed by atoms with E-state index in [0.29, 0.717) is 25.2 Å². The fourth-order valence-corrected chi connectivity index (χ4v) is 2.16. The first-order valence-electron chi connectivity index (χ1n) is 6.04. The number of carbonyl (C=O) groups is 1. The molecule has 3 N–H and O–H groups in total. The predicted molar refractivity (Wildman–Crippen MR) is 70.4 cm³/mol. The van der Waals surface area contributed by atoms with Crippen molar-refractivity contribution in [2.45, 2.75) is 19.5 Å². The van der Waals surface area contributed by atoms with Gasteiger partial charge in [0.1, 0.15) is 5.69 Å². The zero-order valence-electron chi connectivity index (χ0n) is 10.6. The summed E-state index contributed by atoms with van der Waals surface area (Å²) in [7, 11) is 0. The maximum Gasteiger partial charge on any atom is 0.292 e. The lowest BCUT2D eigenvalue weighted by Crippen LogP contribution is -2.53. The molecule has 102 valence electrons. The second kappa shape index (κ2) is 5.23. The summed E-state index contributed by atoms with van der Waals surface area (Å²) >= 11 is 0. The number of carbonyl (C=O) groups excluding carboxylic acids is 1. The lowest BCUT2D eigenvalue weighted by Gasteiger charge is -2.32. The number of piperazine rings is 1. The molecule has 1 unspecified atom stereocenters. The molecule has 0 bridgehead atoms. The number of anilines is 1. The molecule has 1 saturated heterocycles. The Hall–Kier alpha value is -2.15. The molecule has 0 spiro atoms. The van der Waals surface area contributed by atoms with Gasteiger partial charge in [-0.15, -0.1) is 0 Å². The van der Waals surface area contributed by atoms with Gasteiger partial charge in [0.2, 0.25) is 5.91 Å². The number of nitrogens with zero attached hydrogens (tertiary/aromatic N) is 2. The average molecular weight is 264 g/mol. The van der Waals surface area contributed by atoms with Crippen LogP contribution in [-0.4, -0.2) is 34.9 Å². The Morgan fingerprint density at radius 3 is 3.00 bits per heavy atom. The van der Waals surface area contributed by atoms with Gasteiger partial charge in [-0.2, -0.15) is 0 Å². The lowest BCUT2D eigenvalue weighted by atomic mass is 10.1. The normalized spacial score (nSPS) is 20.1. The Kier molecular flexibility index (Phi) is 3.66. The highest BCUT2D eigenvalue weighted by Gasteiger charge is 2.26. The van der Waals surface area contributed by atoms with E-state index in [4.69, 9.17) is 5.73 Å². The van der Waals surface area contributed by atoms with Gasteiger partial charge >= 0.3 is 0 Å². The molecule has 19 heavy (non-hydrogen) atoms. The van der Waals surface area contributed by atoms with Crippen LogP contribution in [-0.2, 0) is 11.3 Å². The minimum Gasteiger partial charge on any atom is -0.393 e. The van der Waals surface area contributed by atoms with Gasteiger partial charge < -0.3 is 11.1 Å². The van der Waals surface area contributed by atoms with E-state index in [1.807, 2.05) is 11.8 Å². The van der Waals surface area contributed by atoms with Gasteiger partial charge in [-0.3, -0.25) is 19.8 Å². The van der Waals surface area contributed by atoms with E-state index >= 15 is 0 Å². The Balaban J connectivity index is 2.21. The van der Waals surface area contributed by atoms with Gasteiger partial charge in [0, 0.05) is 25.7 Å². The van der Waals surface area contributed by atoms with Crippen molar-refractivity contribution in [2.24, 2.45) is 0 Å². The highest BCUT2D eigenvalue weighted by molar-refractivity contribution is 5.82. The highest BCUT2D eigenvalue weighted by atomic mass is 16.6. The zero-order chi connectivity index (χ0) is 14.0. The summed E-state index contributed by atoms with van der Waals surface area (Å²) in [6.45, 7) is 3.52. The zero-order valence-corrected chi connectivity index (χ0v) is 10.6. The molecule has 1 fully saturated rings. The van der Waals surface area contributed by atoms with Gasteiger partial charge in [0.05, 0.1) is 11.0 Å². The molecule has 7 nitrogen and oxygen atoms in total. The number of nitrogens with two attached hydrogens (primary N) is 1. The van der Waals surface area contributed by atoms with Crippen molar-refractivity contribution in [3.63, 3.8) is 0 Å². The van der Waals surface area contributed by atoms with E-state index in [1.54, 1.807) is 12.1 Å². The number of benzene rings is 1. The molecule has 2 rings (SSSR count). The molecule has 0 saturated carbocycles. The molecule has 0 radical (unpaired) electrons. The number of nitrogens with one attached hydrogen (secondary N) is 1. The third kappa shape index (κ3) is 2.65. The quantitative estimate of drug-likeness (QED) is 0.470. The summed E-state index contributed by atoms with van der Waals surface area (Å²) in [5.41, 5.74) is 6.57. The van der Waals surface area contributed by atoms with Gasteiger partial charge in [-0.1, -0.05) is 12.1 Å². The number of hydrogen-bond donors (Lipinski definition) is 2. The third-order valence-corrected chi connectivity index (χ3v) is 3.37. The van der Waals surface area contributed by atoms with E-state index in [-0.39, 0.29) is 23.3 Å². The van der Waals surface area contributed by atoms with Crippen molar-refractivity contribution >= 4 is 17.3 Å². The van der Waals surface area contributed by atoms with Crippen LogP contribution in [0.5, 0.6) is 0 Å². The van der Waals surface area contributed by atoms with Crippen LogP contribution in [0.15, 0.2) is 18.2 Å². The van der Waals surface area contributed by atoms with Gasteiger partial charge in [-0.25, -0.2) is 0 Å². The van der Waals surface area contributed by atoms with E-state index in [9.17, 15) is 14.9 Å². The maximum atomic E-state index is 11.6. The molecule has 1 aliphatic rings. The second-order valence-electron chi connectivity index (χ2n) is 4.54. The van der Waals surface area contributed by atoms with Gasteiger partial charge in [0.25, 0.3) is 5.69 Å². The number of nitro benzene ring substituents is 1. The Bertz CT molecular complexity index is 518. The molecule has 1 aliphatic heterocycles. The number of para-hydroxylation sites is 1. The summed E-state index contributed by atoms with van der Waals surface area (Å²) in [5, 5.41) is 13.6. The molecule has 1 amide bonds. The van der Waals surface area contributed by atoms with Crippen LogP contribution in [0.25, 0.3) is 0 Å². The smallest absolute Gasteiger partial charge is 0.292 e. The molecule has 1 aromatic carbocycles. The minimum absolute atomic E-state index is 0.0322. The van der Waals surface area contributed by atoms with Gasteiger partial charge in [-0.05, 0) is 12.5 Å². The van der Waals surface area contributed by atoms with Crippen LogP contribution in [0.2, 0.25) is 0 Å². The SMILES string of the molecule is CC1C(=O)NCCN1Cc1cccc([N+](=O)[O-])c1N. The fraction of sp³-hybridized carbons (Fsp3) is 0.417. The first kappa shape index (κ1) is 13.3. The monoisotopic (exact) mass is 264 g/mol. The van der Waals surface area contributed by atoms with Crippen LogP contribution in [0, 0.1) is 10.1 Å². The van der Waals surface area contributed by atoms with Crippen LogP contribution < -0.4 is 11.1 Å². The number of hydrogen-bond acceptors (Lipinski definition) is 5. The van der Waals surface area contributed by atoms with Crippen molar-refractivity contribution in [1.82, 2.24) is 10.2 Å². The summed E-state index contributed by atoms with van der Waals surface area (Å²) in [6, 6.07) is 4.48. The lowest BCUT2D eigenvalue weighted by molar-refractivity contribution is -0.384. The molecule has 1 atom stereocenters. The predicted octanol–water partition coefficient (Wildman–Crippen LogP) is 0.497. The molecule has 7 heteroatoms. The maximum absolute atomic E-state index is 11.6. The van der Waals surface area contributed by atoms with E-state index in [1.165, 1.54) is 6.07 Å². The summed E-state index contributed by atoms with van der Waals surface area (Å²) in [6.07, 6.45) is 0. The number of rotatable bonds is 3. The molecule has 1 heterocycles. The Morgan fingerprint density at radius 1 is 1.58 bits per heavy atom. The van der Waals surface area contributed by atoms with Crippen LogP contribution >= 0.6 is 0 Å². The Labute approximate surface area is 110 Å². The topological polar surface area (TPSA) is 102 Å². The first-order valence-corrected chi connectivity index (χ1v) is 6.04. The number of nitrogen functional groups attached to an aromatic ring is 1. The number of amides is 1. The van der Waals surface area contributed by atoms with Crippen LogP contribution in [0.1, 0.15) is 12.5 Å². The van der Waals surface area contributed by atoms with Crippen molar-refractivity contribution < 1.29 is 9.72 Å². The Morgan fingerprint density at radius 2 is 2.32 bits per heavy atom. The van der Waals surface area contributed by atoms with Crippen molar-refractivity contribution in [1.29, 1.82) is 0 Å². The van der Waals surface area contributed by atoms with Crippen molar-refractivity contribution in [2.75, 3.05) is 18.8 Å². The molecular weight excluding hydrogens is 248 g/mol. The molecule has 0 aliphatic carbocycles. The van der Waals surface area contributed by atoms with Crippen molar-refractivity contribution in [3.05, 3.63) is 33.9 Å².